The van der Waals surface area contributed by atoms with Gasteiger partial charge >= 0.3 is 5.69 Å². The number of para-hydroxylation sites is 1. The number of anilines is 1. The van der Waals surface area contributed by atoms with Gasteiger partial charge in [0.15, 0.2) is 5.03 Å². The first-order chi connectivity index (χ1) is 10.2. The molecule has 0 unspecified atom stereocenters. The van der Waals surface area contributed by atoms with Crippen LogP contribution in [0.5, 0.6) is 0 Å². The molecular formula is C13H9N5O2S. The normalized spacial score (nSPS) is 10.7. The van der Waals surface area contributed by atoms with Crippen molar-refractivity contribution in [3.05, 3.63) is 53.0 Å². The molecule has 0 aliphatic carbocycles. The number of benzene rings is 1. The lowest BCUT2D eigenvalue weighted by atomic mass is 10.2. The van der Waals surface area contributed by atoms with Crippen molar-refractivity contribution in [1.82, 2.24) is 15.0 Å². The molecule has 3 rings (SSSR count). The zero-order valence-corrected chi connectivity index (χ0v) is 11.4. The molecule has 0 atom stereocenters. The van der Waals surface area contributed by atoms with E-state index >= 15 is 0 Å². The van der Waals surface area contributed by atoms with Crippen molar-refractivity contribution >= 4 is 34.2 Å². The summed E-state index contributed by atoms with van der Waals surface area (Å²) < 4.78 is 0. The highest BCUT2D eigenvalue weighted by Gasteiger charge is 2.22. The first kappa shape index (κ1) is 13.3. The highest BCUT2D eigenvalue weighted by molar-refractivity contribution is 7.99. The van der Waals surface area contributed by atoms with Gasteiger partial charge in [0.25, 0.3) is 0 Å². The number of nitro groups is 1. The van der Waals surface area contributed by atoms with Gasteiger partial charge in [0.1, 0.15) is 6.33 Å². The Balaban J connectivity index is 2.12. The van der Waals surface area contributed by atoms with E-state index in [4.69, 9.17) is 5.73 Å². The second-order valence-corrected chi connectivity index (χ2v) is 5.13. The Morgan fingerprint density at radius 3 is 2.76 bits per heavy atom. The minimum atomic E-state index is -0.573. The van der Waals surface area contributed by atoms with Crippen LogP contribution in [0.25, 0.3) is 10.9 Å². The molecule has 8 heteroatoms. The summed E-state index contributed by atoms with van der Waals surface area (Å²) in [5.74, 6) is -0.148. The maximum atomic E-state index is 11.1. The average molecular weight is 299 g/mol. The molecule has 0 saturated heterocycles. The number of hydrogen-bond acceptors (Lipinski definition) is 7. The van der Waals surface area contributed by atoms with Crippen molar-refractivity contribution in [3.63, 3.8) is 0 Å². The lowest BCUT2D eigenvalue weighted by Gasteiger charge is -2.05. The topological polar surface area (TPSA) is 108 Å². The van der Waals surface area contributed by atoms with Crippen LogP contribution in [-0.4, -0.2) is 19.9 Å². The maximum Gasteiger partial charge on any atom is 0.343 e. The first-order valence-corrected chi connectivity index (χ1v) is 6.75. The predicted molar refractivity (Wildman–Crippen MR) is 79.0 cm³/mol. The summed E-state index contributed by atoms with van der Waals surface area (Å²) in [5.41, 5.74) is 6.05. The van der Waals surface area contributed by atoms with Gasteiger partial charge in [0, 0.05) is 16.5 Å². The van der Waals surface area contributed by atoms with Crippen molar-refractivity contribution in [2.45, 2.75) is 9.92 Å². The van der Waals surface area contributed by atoms with Gasteiger partial charge in [-0.25, -0.2) is 9.97 Å². The molecule has 0 bridgehead atoms. The van der Waals surface area contributed by atoms with Gasteiger partial charge in [-0.3, -0.25) is 15.1 Å². The molecule has 0 aliphatic heterocycles. The Morgan fingerprint density at radius 1 is 1.14 bits per heavy atom. The highest BCUT2D eigenvalue weighted by atomic mass is 32.2. The van der Waals surface area contributed by atoms with E-state index in [2.05, 4.69) is 15.0 Å². The highest BCUT2D eigenvalue weighted by Crippen LogP contribution is 2.37. The van der Waals surface area contributed by atoms with E-state index in [1.807, 2.05) is 30.3 Å². The van der Waals surface area contributed by atoms with E-state index in [0.717, 1.165) is 27.6 Å². The molecule has 0 spiro atoms. The molecule has 1 aromatic carbocycles. The molecule has 2 N–H and O–H groups in total. The maximum absolute atomic E-state index is 11.1. The molecule has 0 aliphatic rings. The van der Waals surface area contributed by atoms with Crippen molar-refractivity contribution < 1.29 is 4.92 Å². The minimum absolute atomic E-state index is 0.148. The fourth-order valence-corrected chi connectivity index (χ4v) is 2.88. The van der Waals surface area contributed by atoms with E-state index in [1.165, 1.54) is 6.33 Å². The van der Waals surface area contributed by atoms with E-state index < -0.39 is 4.92 Å². The van der Waals surface area contributed by atoms with Crippen LogP contribution in [0.1, 0.15) is 0 Å². The Labute approximate surface area is 123 Å². The molecular weight excluding hydrogens is 290 g/mol. The third-order valence-corrected chi connectivity index (χ3v) is 3.84. The van der Waals surface area contributed by atoms with Crippen LogP contribution in [0.15, 0.2) is 52.8 Å². The quantitative estimate of drug-likeness (QED) is 0.450. The summed E-state index contributed by atoms with van der Waals surface area (Å²) in [6.45, 7) is 0. The number of hydrogen-bond donors (Lipinski definition) is 1. The summed E-state index contributed by atoms with van der Waals surface area (Å²) in [6.07, 6.45) is 2.89. The lowest BCUT2D eigenvalue weighted by molar-refractivity contribution is -0.387. The molecule has 2 heterocycles. The van der Waals surface area contributed by atoms with Crippen LogP contribution in [0.2, 0.25) is 0 Å². The number of nitrogens with zero attached hydrogens (tertiary/aromatic N) is 4. The van der Waals surface area contributed by atoms with E-state index in [1.54, 1.807) is 6.20 Å². The van der Waals surface area contributed by atoms with Gasteiger partial charge in [-0.2, -0.15) is 0 Å². The third-order valence-electron chi connectivity index (χ3n) is 2.80. The molecule has 0 amide bonds. The van der Waals surface area contributed by atoms with Gasteiger partial charge in [-0.05, 0) is 12.1 Å². The number of rotatable bonds is 3. The Morgan fingerprint density at radius 2 is 1.95 bits per heavy atom. The molecule has 2 aromatic heterocycles. The number of nitrogens with two attached hydrogens (primary N) is 1. The van der Waals surface area contributed by atoms with Crippen molar-refractivity contribution in [2.24, 2.45) is 0 Å². The fraction of sp³-hybridized carbons (Fsp3) is 0. The van der Waals surface area contributed by atoms with Crippen LogP contribution >= 0.6 is 11.8 Å². The first-order valence-electron chi connectivity index (χ1n) is 5.93. The Bertz CT molecular complexity index is 834. The summed E-state index contributed by atoms with van der Waals surface area (Å²) in [7, 11) is 0. The van der Waals surface area contributed by atoms with Crippen molar-refractivity contribution in [1.29, 1.82) is 0 Å². The lowest BCUT2D eigenvalue weighted by Crippen LogP contribution is -2.01. The van der Waals surface area contributed by atoms with Crippen LogP contribution < -0.4 is 5.73 Å². The third kappa shape index (κ3) is 2.48. The van der Waals surface area contributed by atoms with Gasteiger partial charge in [0.2, 0.25) is 5.82 Å². The van der Waals surface area contributed by atoms with Gasteiger partial charge in [0.05, 0.1) is 10.4 Å². The van der Waals surface area contributed by atoms with Gasteiger partial charge in [-0.1, -0.05) is 30.0 Å². The zero-order valence-electron chi connectivity index (χ0n) is 10.6. The number of aromatic nitrogens is 3. The molecule has 104 valence electrons. The molecule has 0 saturated carbocycles. The van der Waals surface area contributed by atoms with E-state index in [9.17, 15) is 10.1 Å². The monoisotopic (exact) mass is 299 g/mol. The number of fused-ring (bicyclic) bond motifs is 1. The Kier molecular flexibility index (Phi) is 3.36. The second kappa shape index (κ2) is 5.33. The number of pyridine rings is 1. The van der Waals surface area contributed by atoms with E-state index in [0.29, 0.717) is 0 Å². The predicted octanol–water partition coefficient (Wildman–Crippen LogP) is 2.67. The average Bonchev–Trinajstić information content (AvgIpc) is 2.47. The van der Waals surface area contributed by atoms with Crippen LogP contribution in [0.3, 0.4) is 0 Å². The van der Waals surface area contributed by atoms with Crippen molar-refractivity contribution in [3.8, 4) is 0 Å². The van der Waals surface area contributed by atoms with Gasteiger partial charge < -0.3 is 5.73 Å². The zero-order chi connectivity index (χ0) is 14.8. The van der Waals surface area contributed by atoms with Crippen LogP contribution in [0.4, 0.5) is 11.5 Å². The molecule has 21 heavy (non-hydrogen) atoms. The second-order valence-electron chi connectivity index (χ2n) is 4.10. The molecule has 0 radical (unpaired) electrons. The summed E-state index contributed by atoms with van der Waals surface area (Å²) in [4.78, 5) is 23.2. The van der Waals surface area contributed by atoms with Gasteiger partial charge in [-0.15, -0.1) is 0 Å². The molecule has 0 fully saturated rings. The largest absolute Gasteiger partial charge is 0.378 e. The standard InChI is InChI=1S/C13H9N5O2S/c14-12-11(18(19)20)13(17-7-16-12)21-9-5-1-3-8-4-2-6-15-10(8)9/h1-7H,(H2,14,16,17). The smallest absolute Gasteiger partial charge is 0.343 e. The molecule has 3 aromatic rings. The minimum Gasteiger partial charge on any atom is -0.378 e. The Hall–Kier alpha value is -2.74. The summed E-state index contributed by atoms with van der Waals surface area (Å²) >= 11 is 1.15. The van der Waals surface area contributed by atoms with Crippen LogP contribution in [0, 0.1) is 10.1 Å². The number of nitrogen functional groups attached to an aromatic ring is 1. The summed E-state index contributed by atoms with van der Waals surface area (Å²) in [6, 6.07) is 9.39. The fourth-order valence-electron chi connectivity index (χ4n) is 1.88. The SMILES string of the molecule is Nc1ncnc(Sc2cccc3cccnc23)c1[N+](=O)[O-]. The van der Waals surface area contributed by atoms with Crippen LogP contribution in [-0.2, 0) is 0 Å². The summed E-state index contributed by atoms with van der Waals surface area (Å²) in [5, 5.41) is 12.3. The molecule has 7 nitrogen and oxygen atoms in total. The van der Waals surface area contributed by atoms with E-state index in [-0.39, 0.29) is 16.5 Å². The van der Waals surface area contributed by atoms with Crippen molar-refractivity contribution in [2.75, 3.05) is 5.73 Å².